The lowest BCUT2D eigenvalue weighted by Crippen LogP contribution is -2.59. The normalized spacial score (nSPS) is 18.0. The van der Waals surface area contributed by atoms with Crippen molar-refractivity contribution in [3.63, 3.8) is 0 Å². The highest BCUT2D eigenvalue weighted by atomic mass is 16.4. The summed E-state index contributed by atoms with van der Waals surface area (Å²) in [7, 11) is 0. The van der Waals surface area contributed by atoms with Crippen LogP contribution in [0.4, 0.5) is 4.79 Å². The molecule has 112 valence electrons. The van der Waals surface area contributed by atoms with Crippen molar-refractivity contribution in [2.45, 2.75) is 19.0 Å². The SMILES string of the molecule is O=C(O)CC1C(=O)NCCN1C(=O)NCc1ccccn1. The van der Waals surface area contributed by atoms with Crippen LogP contribution in [0.3, 0.4) is 0 Å². The second-order valence-corrected chi connectivity index (χ2v) is 4.58. The number of hydrogen-bond donors (Lipinski definition) is 3. The van der Waals surface area contributed by atoms with Gasteiger partial charge in [-0.2, -0.15) is 0 Å². The Kier molecular flexibility index (Phi) is 4.70. The molecule has 0 spiro atoms. The lowest BCUT2D eigenvalue weighted by atomic mass is 10.1. The Balaban J connectivity index is 1.98. The molecule has 0 aliphatic carbocycles. The molecular weight excluding hydrogens is 276 g/mol. The van der Waals surface area contributed by atoms with Crippen LogP contribution in [0, 0.1) is 0 Å². The van der Waals surface area contributed by atoms with Gasteiger partial charge in [0.05, 0.1) is 18.7 Å². The topological polar surface area (TPSA) is 112 Å². The minimum absolute atomic E-state index is 0.220. The first-order chi connectivity index (χ1) is 10.1. The number of carbonyl (C=O) groups excluding carboxylic acids is 2. The highest BCUT2D eigenvalue weighted by molar-refractivity contribution is 5.91. The second-order valence-electron chi connectivity index (χ2n) is 4.58. The number of nitrogens with one attached hydrogen (secondary N) is 2. The van der Waals surface area contributed by atoms with Crippen molar-refractivity contribution in [1.29, 1.82) is 0 Å². The van der Waals surface area contributed by atoms with Crippen LogP contribution in [0.15, 0.2) is 24.4 Å². The monoisotopic (exact) mass is 292 g/mol. The first-order valence-electron chi connectivity index (χ1n) is 6.52. The molecular formula is C13H16N4O4. The molecule has 1 aliphatic heterocycles. The van der Waals surface area contributed by atoms with Gasteiger partial charge in [-0.05, 0) is 12.1 Å². The zero-order valence-corrected chi connectivity index (χ0v) is 11.3. The van der Waals surface area contributed by atoms with Crippen molar-refractivity contribution in [2.75, 3.05) is 13.1 Å². The lowest BCUT2D eigenvalue weighted by molar-refractivity contribution is -0.142. The molecule has 2 heterocycles. The molecule has 0 saturated carbocycles. The molecule has 1 aliphatic rings. The van der Waals surface area contributed by atoms with E-state index in [2.05, 4.69) is 15.6 Å². The Morgan fingerprint density at radius 1 is 1.48 bits per heavy atom. The summed E-state index contributed by atoms with van der Waals surface area (Å²) in [5, 5.41) is 14.0. The van der Waals surface area contributed by atoms with Gasteiger partial charge in [-0.25, -0.2) is 4.79 Å². The number of rotatable bonds is 4. The molecule has 8 nitrogen and oxygen atoms in total. The fraction of sp³-hybridized carbons (Fsp3) is 0.385. The smallest absolute Gasteiger partial charge is 0.318 e. The van der Waals surface area contributed by atoms with Crippen LogP contribution in [-0.2, 0) is 16.1 Å². The predicted octanol–water partition coefficient (Wildman–Crippen LogP) is -0.434. The Bertz CT molecular complexity index is 534. The Hall–Kier alpha value is -2.64. The Morgan fingerprint density at radius 3 is 2.95 bits per heavy atom. The number of nitrogens with zero attached hydrogens (tertiary/aromatic N) is 2. The summed E-state index contributed by atoms with van der Waals surface area (Å²) in [5.74, 6) is -1.57. The third-order valence-corrected chi connectivity index (χ3v) is 3.11. The van der Waals surface area contributed by atoms with Crippen molar-refractivity contribution < 1.29 is 19.5 Å². The number of aromatic nitrogens is 1. The van der Waals surface area contributed by atoms with Crippen LogP contribution in [0.5, 0.6) is 0 Å². The van der Waals surface area contributed by atoms with Gasteiger partial charge in [0.1, 0.15) is 6.04 Å². The number of pyridine rings is 1. The highest BCUT2D eigenvalue weighted by Gasteiger charge is 2.34. The van der Waals surface area contributed by atoms with Gasteiger partial charge in [0.15, 0.2) is 0 Å². The number of urea groups is 1. The molecule has 0 aromatic carbocycles. The van der Waals surface area contributed by atoms with E-state index in [1.807, 2.05) is 0 Å². The number of hydrogen-bond acceptors (Lipinski definition) is 4. The number of carboxylic acid groups (broad SMARTS) is 1. The highest BCUT2D eigenvalue weighted by Crippen LogP contribution is 2.09. The molecule has 0 bridgehead atoms. The average Bonchev–Trinajstić information content (AvgIpc) is 2.47. The van der Waals surface area contributed by atoms with E-state index in [9.17, 15) is 14.4 Å². The van der Waals surface area contributed by atoms with Gasteiger partial charge in [-0.15, -0.1) is 0 Å². The van der Waals surface area contributed by atoms with Crippen molar-refractivity contribution in [3.8, 4) is 0 Å². The maximum atomic E-state index is 12.1. The average molecular weight is 292 g/mol. The summed E-state index contributed by atoms with van der Waals surface area (Å²) in [6.07, 6.45) is 1.20. The van der Waals surface area contributed by atoms with Gasteiger partial charge in [-0.1, -0.05) is 6.07 Å². The summed E-state index contributed by atoms with van der Waals surface area (Å²) in [4.78, 5) is 40.0. The fourth-order valence-electron chi connectivity index (χ4n) is 2.10. The fourth-order valence-corrected chi connectivity index (χ4v) is 2.10. The molecule has 1 aromatic heterocycles. The van der Waals surface area contributed by atoms with Gasteiger partial charge < -0.3 is 20.6 Å². The minimum atomic E-state index is -1.13. The van der Waals surface area contributed by atoms with Crippen LogP contribution in [-0.4, -0.2) is 52.0 Å². The van der Waals surface area contributed by atoms with Gasteiger partial charge in [-0.3, -0.25) is 14.6 Å². The maximum Gasteiger partial charge on any atom is 0.318 e. The van der Waals surface area contributed by atoms with Gasteiger partial charge in [0, 0.05) is 19.3 Å². The summed E-state index contributed by atoms with van der Waals surface area (Å²) < 4.78 is 0. The van der Waals surface area contributed by atoms with Gasteiger partial charge >= 0.3 is 12.0 Å². The summed E-state index contributed by atoms with van der Waals surface area (Å²) in [6, 6.07) is 3.87. The van der Waals surface area contributed by atoms with Crippen molar-refractivity contribution >= 4 is 17.9 Å². The van der Waals surface area contributed by atoms with E-state index in [4.69, 9.17) is 5.11 Å². The molecule has 3 N–H and O–H groups in total. The Morgan fingerprint density at radius 2 is 2.29 bits per heavy atom. The largest absolute Gasteiger partial charge is 0.481 e. The Labute approximate surface area is 121 Å². The molecule has 0 radical (unpaired) electrons. The summed E-state index contributed by atoms with van der Waals surface area (Å²) >= 11 is 0. The molecule has 3 amide bonds. The number of carbonyl (C=O) groups is 3. The van der Waals surface area contributed by atoms with Crippen molar-refractivity contribution in [2.24, 2.45) is 0 Å². The molecule has 1 unspecified atom stereocenters. The quantitative estimate of drug-likeness (QED) is 0.697. The van der Waals surface area contributed by atoms with Crippen LogP contribution in [0.2, 0.25) is 0 Å². The van der Waals surface area contributed by atoms with Crippen LogP contribution in [0.25, 0.3) is 0 Å². The molecule has 1 fully saturated rings. The molecule has 8 heteroatoms. The van der Waals surface area contributed by atoms with Crippen LogP contribution in [0.1, 0.15) is 12.1 Å². The van der Waals surface area contributed by atoms with E-state index >= 15 is 0 Å². The van der Waals surface area contributed by atoms with Crippen LogP contribution < -0.4 is 10.6 Å². The van der Waals surface area contributed by atoms with E-state index in [-0.39, 0.29) is 13.1 Å². The zero-order valence-electron chi connectivity index (χ0n) is 11.3. The first kappa shape index (κ1) is 14.8. The number of carboxylic acids is 1. The maximum absolute atomic E-state index is 12.1. The molecule has 1 aromatic rings. The third kappa shape index (κ3) is 3.91. The molecule has 1 saturated heterocycles. The summed E-state index contributed by atoms with van der Waals surface area (Å²) in [5.41, 5.74) is 0.682. The van der Waals surface area contributed by atoms with E-state index in [1.165, 1.54) is 4.90 Å². The van der Waals surface area contributed by atoms with Crippen molar-refractivity contribution in [1.82, 2.24) is 20.5 Å². The van der Waals surface area contributed by atoms with Crippen LogP contribution >= 0.6 is 0 Å². The van der Waals surface area contributed by atoms with Crippen molar-refractivity contribution in [3.05, 3.63) is 30.1 Å². The minimum Gasteiger partial charge on any atom is -0.481 e. The molecule has 1 atom stereocenters. The predicted molar refractivity (Wildman–Crippen MR) is 72.2 cm³/mol. The van der Waals surface area contributed by atoms with Gasteiger partial charge in [0.25, 0.3) is 0 Å². The number of aliphatic carboxylic acids is 1. The lowest BCUT2D eigenvalue weighted by Gasteiger charge is -2.34. The third-order valence-electron chi connectivity index (χ3n) is 3.11. The number of amides is 3. The molecule has 2 rings (SSSR count). The van der Waals surface area contributed by atoms with Gasteiger partial charge in [0.2, 0.25) is 5.91 Å². The molecule has 21 heavy (non-hydrogen) atoms. The number of piperazine rings is 1. The van der Waals surface area contributed by atoms with E-state index in [0.717, 1.165) is 0 Å². The zero-order chi connectivity index (χ0) is 15.2. The van der Waals surface area contributed by atoms with E-state index < -0.39 is 30.4 Å². The second kappa shape index (κ2) is 6.69. The first-order valence-corrected chi connectivity index (χ1v) is 6.52. The standard InChI is InChI=1S/C13H16N4O4/c18-11(19)7-10-12(20)15-5-6-17(10)13(21)16-8-9-3-1-2-4-14-9/h1-4,10H,5-8H2,(H,15,20)(H,16,21)(H,18,19). The van der Waals surface area contributed by atoms with E-state index in [1.54, 1.807) is 24.4 Å². The summed E-state index contributed by atoms with van der Waals surface area (Å²) in [6.45, 7) is 0.807. The van der Waals surface area contributed by atoms with E-state index in [0.29, 0.717) is 12.2 Å².